The van der Waals surface area contributed by atoms with Crippen molar-refractivity contribution in [2.75, 3.05) is 0 Å². The van der Waals surface area contributed by atoms with Gasteiger partial charge in [-0.15, -0.1) is 0 Å². The van der Waals surface area contributed by atoms with Crippen LogP contribution in [-0.2, 0) is 0 Å². The van der Waals surface area contributed by atoms with E-state index in [-0.39, 0.29) is 22.2 Å². The molecule has 0 N–H and O–H groups in total. The molecule has 0 radical (unpaired) electrons. The third-order valence-corrected chi connectivity index (χ3v) is 3.23. The van der Waals surface area contributed by atoms with Gasteiger partial charge < -0.3 is 4.42 Å². The summed E-state index contributed by atoms with van der Waals surface area (Å²) in [5.41, 5.74) is -0.977. The number of rotatable bonds is 2. The Balaban J connectivity index is 2.16. The van der Waals surface area contributed by atoms with Crippen LogP contribution < -0.4 is 11.3 Å². The summed E-state index contributed by atoms with van der Waals surface area (Å²) in [5, 5.41) is 10.7. The van der Waals surface area contributed by atoms with Gasteiger partial charge in [0.1, 0.15) is 5.58 Å². The van der Waals surface area contributed by atoms with E-state index in [9.17, 15) is 24.5 Å². The maximum absolute atomic E-state index is 12.3. The number of benzene rings is 2. The van der Waals surface area contributed by atoms with Crippen LogP contribution >= 0.6 is 0 Å². The van der Waals surface area contributed by atoms with Crippen molar-refractivity contribution in [2.45, 2.75) is 0 Å². The van der Waals surface area contributed by atoms with Gasteiger partial charge in [0, 0.05) is 17.7 Å². The number of non-ortho nitro benzene ring substituents is 1. The molecule has 0 bridgehead atoms. The van der Waals surface area contributed by atoms with E-state index in [1.807, 2.05) is 0 Å². The number of nitro benzene ring substituents is 1. The van der Waals surface area contributed by atoms with Gasteiger partial charge in [-0.05, 0) is 24.3 Å². The molecule has 1 heterocycles. The van der Waals surface area contributed by atoms with Crippen LogP contribution in [0.15, 0.2) is 62.5 Å². The number of carbonyl (C=O) groups is 1. The highest BCUT2D eigenvalue weighted by molar-refractivity contribution is 5.96. The molecule has 3 aromatic rings. The zero-order chi connectivity index (χ0) is 16.6. The van der Waals surface area contributed by atoms with E-state index in [2.05, 4.69) is 0 Å². The molecule has 1 aromatic heterocycles. The molecule has 0 aliphatic heterocycles. The second-order valence-corrected chi connectivity index (χ2v) is 4.61. The molecule has 0 aliphatic rings. The topological polar surface area (TPSA) is 112 Å². The number of hydrogen-bond acceptors (Lipinski definition) is 6. The monoisotopic (exact) mass is 312 g/mol. The van der Waals surface area contributed by atoms with Crippen molar-refractivity contribution in [3.05, 3.63) is 85.1 Å². The van der Waals surface area contributed by atoms with Crippen molar-refractivity contribution < 1.29 is 14.1 Å². The Morgan fingerprint density at radius 3 is 2.35 bits per heavy atom. The number of hydrogen-bond donors (Lipinski definition) is 0. The smallest absolute Gasteiger partial charge is 0.409 e. The second-order valence-electron chi connectivity index (χ2n) is 4.61. The quantitative estimate of drug-likeness (QED) is 0.524. The first kappa shape index (κ1) is 14.4. The molecule has 3 rings (SSSR count). The van der Waals surface area contributed by atoms with Crippen LogP contribution in [0.25, 0.3) is 11.0 Å². The largest absolute Gasteiger partial charge is 0.429 e. The minimum absolute atomic E-state index is 0.0414. The van der Waals surface area contributed by atoms with Gasteiger partial charge >= 0.3 is 5.76 Å². The highest BCUT2D eigenvalue weighted by Crippen LogP contribution is 2.13. The van der Waals surface area contributed by atoms with Gasteiger partial charge in [0.15, 0.2) is 0 Å². The molecule has 8 heteroatoms. The van der Waals surface area contributed by atoms with Crippen molar-refractivity contribution in [1.82, 2.24) is 4.57 Å². The van der Waals surface area contributed by atoms with Crippen molar-refractivity contribution in [1.29, 1.82) is 0 Å². The summed E-state index contributed by atoms with van der Waals surface area (Å²) < 4.78 is 5.32. The number of nitrogens with zero attached hydrogens (tertiary/aromatic N) is 2. The summed E-state index contributed by atoms with van der Waals surface area (Å²) >= 11 is 0. The SMILES string of the molecule is O=C(c1ccc([N+](=O)[O-])cc1)n1c(=O)oc2ccccc2c1=O. The van der Waals surface area contributed by atoms with E-state index in [0.29, 0.717) is 4.57 Å². The highest BCUT2D eigenvalue weighted by atomic mass is 16.6. The van der Waals surface area contributed by atoms with Crippen LogP contribution in [0.3, 0.4) is 0 Å². The first-order valence-electron chi connectivity index (χ1n) is 6.43. The molecule has 0 amide bonds. The van der Waals surface area contributed by atoms with Crippen LogP contribution in [0.2, 0.25) is 0 Å². The van der Waals surface area contributed by atoms with Gasteiger partial charge in [-0.2, -0.15) is 4.57 Å². The number of aromatic nitrogens is 1. The third kappa shape index (κ3) is 2.42. The molecule has 0 fully saturated rings. The van der Waals surface area contributed by atoms with Crippen molar-refractivity contribution in [2.24, 2.45) is 0 Å². The summed E-state index contributed by atoms with van der Waals surface area (Å²) in [6, 6.07) is 10.6. The molecule has 0 spiro atoms. The summed E-state index contributed by atoms with van der Waals surface area (Å²) in [7, 11) is 0. The maximum Gasteiger partial charge on any atom is 0.429 e. The second kappa shape index (κ2) is 5.34. The minimum atomic E-state index is -1.11. The van der Waals surface area contributed by atoms with Gasteiger partial charge in [0.05, 0.1) is 10.3 Å². The zero-order valence-corrected chi connectivity index (χ0v) is 11.5. The molecule has 23 heavy (non-hydrogen) atoms. The fourth-order valence-corrected chi connectivity index (χ4v) is 2.11. The predicted octanol–water partition coefficient (Wildman–Crippen LogP) is 1.55. The Morgan fingerprint density at radius 2 is 1.70 bits per heavy atom. The lowest BCUT2D eigenvalue weighted by atomic mass is 10.2. The van der Waals surface area contributed by atoms with Crippen molar-refractivity contribution in [3.8, 4) is 0 Å². The average Bonchev–Trinajstić information content (AvgIpc) is 2.54. The van der Waals surface area contributed by atoms with E-state index in [1.54, 1.807) is 12.1 Å². The molecule has 114 valence electrons. The fourth-order valence-electron chi connectivity index (χ4n) is 2.11. The molecule has 0 saturated carbocycles. The molecular formula is C15H8N2O6. The van der Waals surface area contributed by atoms with E-state index in [0.717, 1.165) is 12.1 Å². The molecule has 0 unspecified atom stereocenters. The Bertz CT molecular complexity index is 1050. The molecule has 0 atom stereocenters. The zero-order valence-electron chi connectivity index (χ0n) is 11.5. The summed E-state index contributed by atoms with van der Waals surface area (Å²) in [5.74, 6) is -2.03. The van der Waals surface area contributed by atoms with Crippen LogP contribution in [0.4, 0.5) is 5.69 Å². The molecule has 0 saturated heterocycles. The van der Waals surface area contributed by atoms with Crippen molar-refractivity contribution in [3.63, 3.8) is 0 Å². The summed E-state index contributed by atoms with van der Waals surface area (Å²) in [6.07, 6.45) is 0. The highest BCUT2D eigenvalue weighted by Gasteiger charge is 2.18. The van der Waals surface area contributed by atoms with E-state index in [1.165, 1.54) is 24.3 Å². The third-order valence-electron chi connectivity index (χ3n) is 3.23. The number of nitro groups is 1. The van der Waals surface area contributed by atoms with Crippen LogP contribution in [0.1, 0.15) is 10.4 Å². The van der Waals surface area contributed by atoms with Crippen LogP contribution in [0.5, 0.6) is 0 Å². The van der Waals surface area contributed by atoms with Gasteiger partial charge in [-0.1, -0.05) is 12.1 Å². The van der Waals surface area contributed by atoms with Crippen LogP contribution in [-0.4, -0.2) is 15.4 Å². The van der Waals surface area contributed by atoms with E-state index < -0.39 is 22.1 Å². The molecule has 2 aromatic carbocycles. The molecular weight excluding hydrogens is 304 g/mol. The Labute approximate surface area is 127 Å². The van der Waals surface area contributed by atoms with Gasteiger partial charge in [-0.25, -0.2) is 4.79 Å². The Hall–Kier alpha value is -3.55. The lowest BCUT2D eigenvalue weighted by molar-refractivity contribution is -0.384. The van der Waals surface area contributed by atoms with Crippen molar-refractivity contribution >= 4 is 22.6 Å². The number of para-hydroxylation sites is 1. The molecule has 8 nitrogen and oxygen atoms in total. The fraction of sp³-hybridized carbons (Fsp3) is 0. The van der Waals surface area contributed by atoms with E-state index >= 15 is 0 Å². The minimum Gasteiger partial charge on any atom is -0.409 e. The Kier molecular flexibility index (Phi) is 3.34. The predicted molar refractivity (Wildman–Crippen MR) is 79.6 cm³/mol. The summed E-state index contributed by atoms with van der Waals surface area (Å²) in [4.78, 5) is 46.6. The van der Waals surface area contributed by atoms with Gasteiger partial charge in [-0.3, -0.25) is 19.7 Å². The number of carbonyl (C=O) groups excluding carboxylic acids is 1. The standard InChI is InChI=1S/C15H8N2O6/c18-13(9-5-7-10(8-6-9)17(21)22)16-14(19)11-3-1-2-4-12(11)23-15(16)20/h1-8H. The Morgan fingerprint density at radius 1 is 1.04 bits per heavy atom. The molecule has 0 aliphatic carbocycles. The lowest BCUT2D eigenvalue weighted by Gasteiger charge is -2.04. The van der Waals surface area contributed by atoms with Crippen LogP contribution in [0, 0.1) is 10.1 Å². The normalized spacial score (nSPS) is 10.6. The first-order chi connectivity index (χ1) is 11.0. The van der Waals surface area contributed by atoms with Gasteiger partial charge in [0.25, 0.3) is 17.2 Å². The number of fused-ring (bicyclic) bond motifs is 1. The van der Waals surface area contributed by atoms with Gasteiger partial charge in [0.2, 0.25) is 0 Å². The lowest BCUT2D eigenvalue weighted by Crippen LogP contribution is -2.38. The first-order valence-corrected chi connectivity index (χ1v) is 6.43. The average molecular weight is 312 g/mol. The summed E-state index contributed by atoms with van der Waals surface area (Å²) in [6.45, 7) is 0. The van der Waals surface area contributed by atoms with E-state index in [4.69, 9.17) is 4.42 Å². The maximum atomic E-state index is 12.3.